The van der Waals surface area contributed by atoms with Gasteiger partial charge in [-0.15, -0.1) is 0 Å². The van der Waals surface area contributed by atoms with Gasteiger partial charge in [-0.05, 0) is 116 Å². The number of nitrogens with one attached hydrogen (secondary N) is 6. The fourth-order valence-electron chi connectivity index (χ4n) is 4.81. The Bertz CT molecular complexity index is 973. The highest BCUT2D eigenvalue weighted by Gasteiger charge is 2.31. The van der Waals surface area contributed by atoms with E-state index in [0.29, 0.717) is 90.5 Å². The Kier molecular flexibility index (Phi) is 25.3. The monoisotopic (exact) mass is 686 g/mol. The molecule has 0 aromatic rings. The molecule has 0 aliphatic rings. The molecule has 5 atom stereocenters. The van der Waals surface area contributed by atoms with Gasteiger partial charge in [0.1, 0.15) is 24.2 Å². The molecule has 19 N–H and O–H groups in total. The maximum absolute atomic E-state index is 13.6. The van der Waals surface area contributed by atoms with E-state index in [1.807, 2.05) is 0 Å². The molecular weight excluding hydrogens is 624 g/mol. The topological polar surface area (TPSA) is 346 Å². The van der Waals surface area contributed by atoms with E-state index in [9.17, 15) is 29.1 Å². The number of hydrogen-bond donors (Lipinski definition) is 13. The van der Waals surface area contributed by atoms with Crippen molar-refractivity contribution in [3.05, 3.63) is 0 Å². The van der Waals surface area contributed by atoms with Gasteiger partial charge in [0, 0.05) is 6.54 Å². The number of guanidine groups is 1. The Hall–Kier alpha value is -3.58. The van der Waals surface area contributed by atoms with E-state index < -0.39 is 59.8 Å². The minimum absolute atomic E-state index is 0.176. The molecule has 0 bridgehead atoms. The second-order valence-corrected chi connectivity index (χ2v) is 11.8. The van der Waals surface area contributed by atoms with Crippen LogP contribution in [-0.2, 0) is 24.0 Å². The van der Waals surface area contributed by atoms with Gasteiger partial charge in [0.15, 0.2) is 5.96 Å². The van der Waals surface area contributed by atoms with Gasteiger partial charge in [-0.3, -0.25) is 24.6 Å². The highest BCUT2D eigenvalue weighted by Crippen LogP contribution is 2.09. The first-order chi connectivity index (χ1) is 22.9. The summed E-state index contributed by atoms with van der Waals surface area (Å²) in [6.45, 7) is 1.86. The standard InChI is InChI=1S/C30H62N12O6/c31-15-5-1-11-21(39-25(43)20(35)10-9-19-38-30(36)37)26(44)40-22(12-2-6-16-32)27(45)41-23(13-3-7-17-33)28(46)42-24(29(47)48)14-4-8-18-34/h20-24H,1-19,31-35H2,(H,39,43)(H,40,44)(H,41,45)(H,42,46)(H,47,48)(H4,36,37,38)/t20-,21-,22-,23-,24-/m0/s1. The Morgan fingerprint density at radius 1 is 0.521 bits per heavy atom. The van der Waals surface area contributed by atoms with Crippen molar-refractivity contribution >= 4 is 35.6 Å². The molecule has 0 aliphatic carbocycles. The number of carboxylic acids is 1. The highest BCUT2D eigenvalue weighted by atomic mass is 16.4. The van der Waals surface area contributed by atoms with Crippen molar-refractivity contribution in [3.8, 4) is 0 Å². The molecule has 48 heavy (non-hydrogen) atoms. The number of nitrogens with two attached hydrogens (primary N) is 6. The van der Waals surface area contributed by atoms with Crippen LogP contribution in [0.2, 0.25) is 0 Å². The van der Waals surface area contributed by atoms with Crippen LogP contribution in [0.15, 0.2) is 0 Å². The number of rotatable bonds is 29. The van der Waals surface area contributed by atoms with Crippen LogP contribution in [0.5, 0.6) is 0 Å². The molecule has 278 valence electrons. The van der Waals surface area contributed by atoms with Gasteiger partial charge in [0.2, 0.25) is 23.6 Å². The number of carboxylic acid groups (broad SMARTS) is 1. The van der Waals surface area contributed by atoms with Gasteiger partial charge in [-0.1, -0.05) is 0 Å². The third kappa shape index (κ3) is 20.6. The number of hydrogen-bond acceptors (Lipinski definition) is 11. The van der Waals surface area contributed by atoms with Gasteiger partial charge in [0.05, 0.1) is 6.04 Å². The van der Waals surface area contributed by atoms with Gasteiger partial charge < -0.3 is 66.1 Å². The lowest BCUT2D eigenvalue weighted by molar-refractivity contribution is -0.142. The molecule has 0 aromatic carbocycles. The second-order valence-electron chi connectivity index (χ2n) is 11.8. The number of carbonyl (C=O) groups excluding carboxylic acids is 4. The Balaban J connectivity index is 5.86. The molecule has 0 radical (unpaired) electrons. The predicted octanol–water partition coefficient (Wildman–Crippen LogP) is -2.88. The fourth-order valence-corrected chi connectivity index (χ4v) is 4.81. The van der Waals surface area contributed by atoms with E-state index in [0.717, 1.165) is 0 Å². The zero-order valence-electron chi connectivity index (χ0n) is 28.3. The lowest BCUT2D eigenvalue weighted by atomic mass is 10.0. The summed E-state index contributed by atoms with van der Waals surface area (Å²) in [6, 6.07) is -5.25. The van der Waals surface area contributed by atoms with Crippen LogP contribution in [0.25, 0.3) is 0 Å². The average molecular weight is 687 g/mol. The number of amides is 4. The molecule has 0 fully saturated rings. The maximum Gasteiger partial charge on any atom is 0.326 e. The van der Waals surface area contributed by atoms with E-state index in [1.165, 1.54) is 0 Å². The summed E-state index contributed by atoms with van der Waals surface area (Å²) in [5.41, 5.74) is 33.7. The first-order valence-electron chi connectivity index (χ1n) is 17.0. The van der Waals surface area contributed by atoms with Crippen molar-refractivity contribution in [1.82, 2.24) is 26.6 Å². The van der Waals surface area contributed by atoms with Crippen LogP contribution in [0.4, 0.5) is 0 Å². The van der Waals surface area contributed by atoms with E-state index >= 15 is 0 Å². The Morgan fingerprint density at radius 3 is 1.19 bits per heavy atom. The molecule has 18 heteroatoms. The smallest absolute Gasteiger partial charge is 0.326 e. The Morgan fingerprint density at radius 2 is 0.854 bits per heavy atom. The summed E-state index contributed by atoms with van der Waals surface area (Å²) in [4.78, 5) is 65.1. The molecule has 0 heterocycles. The molecule has 0 aliphatic heterocycles. The van der Waals surface area contributed by atoms with Crippen molar-refractivity contribution < 1.29 is 29.1 Å². The molecule has 0 unspecified atom stereocenters. The first kappa shape index (κ1) is 44.4. The number of carbonyl (C=O) groups is 5. The molecule has 18 nitrogen and oxygen atoms in total. The summed E-state index contributed by atoms with van der Waals surface area (Å²) >= 11 is 0. The van der Waals surface area contributed by atoms with Crippen LogP contribution in [0, 0.1) is 5.41 Å². The van der Waals surface area contributed by atoms with Crippen LogP contribution in [0.1, 0.15) is 89.9 Å². The van der Waals surface area contributed by atoms with Crippen molar-refractivity contribution in [1.29, 1.82) is 5.41 Å². The lowest BCUT2D eigenvalue weighted by Crippen LogP contribution is -2.58. The molecule has 4 amide bonds. The normalized spacial score (nSPS) is 14.1. The van der Waals surface area contributed by atoms with Gasteiger partial charge in [-0.25, -0.2) is 4.79 Å². The minimum Gasteiger partial charge on any atom is -0.480 e. The summed E-state index contributed by atoms with van der Waals surface area (Å²) < 4.78 is 0. The van der Waals surface area contributed by atoms with Crippen LogP contribution in [-0.4, -0.2) is 104 Å². The zero-order chi connectivity index (χ0) is 36.3. The van der Waals surface area contributed by atoms with Crippen molar-refractivity contribution in [2.45, 2.75) is 120 Å². The quantitative estimate of drug-likeness (QED) is 0.0214. The van der Waals surface area contributed by atoms with E-state index in [-0.39, 0.29) is 38.1 Å². The minimum atomic E-state index is -1.20. The molecule has 0 saturated heterocycles. The van der Waals surface area contributed by atoms with Crippen molar-refractivity contribution in [2.75, 3.05) is 32.7 Å². The highest BCUT2D eigenvalue weighted by molar-refractivity contribution is 5.95. The van der Waals surface area contributed by atoms with Crippen molar-refractivity contribution in [2.24, 2.45) is 34.4 Å². The van der Waals surface area contributed by atoms with Crippen LogP contribution < -0.4 is 61.0 Å². The molecule has 0 spiro atoms. The summed E-state index contributed by atoms with van der Waals surface area (Å²) in [6.07, 6.45) is 5.92. The summed E-state index contributed by atoms with van der Waals surface area (Å²) in [5, 5.41) is 30.1. The lowest BCUT2D eigenvalue weighted by Gasteiger charge is -2.26. The first-order valence-corrected chi connectivity index (χ1v) is 17.0. The zero-order valence-corrected chi connectivity index (χ0v) is 28.3. The maximum atomic E-state index is 13.6. The number of aliphatic carboxylic acids is 1. The fraction of sp³-hybridized carbons (Fsp3) is 0.800. The Labute approximate surface area is 283 Å². The molecule has 0 aromatic heterocycles. The molecular formula is C30H62N12O6. The van der Waals surface area contributed by atoms with Crippen LogP contribution >= 0.6 is 0 Å². The summed E-state index contributed by atoms with van der Waals surface area (Å²) in [5.74, 6) is -3.84. The van der Waals surface area contributed by atoms with Gasteiger partial charge in [-0.2, -0.15) is 0 Å². The van der Waals surface area contributed by atoms with Crippen molar-refractivity contribution in [3.63, 3.8) is 0 Å². The largest absolute Gasteiger partial charge is 0.480 e. The van der Waals surface area contributed by atoms with Gasteiger partial charge >= 0.3 is 5.97 Å². The predicted molar refractivity (Wildman–Crippen MR) is 184 cm³/mol. The number of unbranched alkanes of at least 4 members (excludes halogenated alkanes) is 4. The molecule has 0 rings (SSSR count). The van der Waals surface area contributed by atoms with E-state index in [1.54, 1.807) is 0 Å². The van der Waals surface area contributed by atoms with E-state index in [4.69, 9.17) is 39.8 Å². The van der Waals surface area contributed by atoms with Crippen LogP contribution in [0.3, 0.4) is 0 Å². The SMILES string of the molecule is N=C(N)NCCC[C@H](N)C(=O)N[C@@H](CCCCN)C(=O)N[C@@H](CCCCN)C(=O)N[C@@H](CCCCN)C(=O)N[C@@H](CCCCN)C(=O)O. The average Bonchev–Trinajstić information content (AvgIpc) is 3.04. The third-order valence-corrected chi connectivity index (χ3v) is 7.65. The summed E-state index contributed by atoms with van der Waals surface area (Å²) in [7, 11) is 0. The molecule has 0 saturated carbocycles. The van der Waals surface area contributed by atoms with Gasteiger partial charge in [0.25, 0.3) is 0 Å². The van der Waals surface area contributed by atoms with E-state index in [2.05, 4.69) is 26.6 Å². The second kappa shape index (κ2) is 27.4. The third-order valence-electron chi connectivity index (χ3n) is 7.65.